The summed E-state index contributed by atoms with van der Waals surface area (Å²) in [5, 5.41) is 5.02. The molecule has 1 amide bonds. The molecule has 3 rings (SSSR count). The van der Waals surface area contributed by atoms with Crippen LogP contribution >= 0.6 is 0 Å². The number of nitrogens with zero attached hydrogens (tertiary/aromatic N) is 1. The van der Waals surface area contributed by atoms with Crippen LogP contribution in [0.1, 0.15) is 24.2 Å². The Morgan fingerprint density at radius 3 is 2.15 bits per heavy atom. The van der Waals surface area contributed by atoms with Crippen LogP contribution in [-0.2, 0) is 0 Å². The van der Waals surface area contributed by atoms with E-state index in [4.69, 9.17) is 4.74 Å². The second kappa shape index (κ2) is 7.91. The second-order valence-corrected chi connectivity index (χ2v) is 6.07. The Labute approximate surface area is 154 Å². The fraction of sp³-hybridized carbons (Fsp3) is 0.227. The molecule has 26 heavy (non-hydrogen) atoms. The molecule has 0 bridgehead atoms. The average Bonchev–Trinajstić information content (AvgIpc) is 2.69. The molecule has 0 unspecified atom stereocenters. The normalized spacial score (nSPS) is 10.6. The van der Waals surface area contributed by atoms with Crippen molar-refractivity contribution in [1.29, 1.82) is 0 Å². The van der Waals surface area contributed by atoms with Crippen LogP contribution in [0.2, 0.25) is 0 Å². The smallest absolute Gasteiger partial charge is 0.259 e. The van der Waals surface area contributed by atoms with Crippen LogP contribution in [0.5, 0.6) is 5.75 Å². The summed E-state index contributed by atoms with van der Waals surface area (Å²) < 4.78 is 5.42. The molecule has 0 aliphatic heterocycles. The zero-order chi connectivity index (χ0) is 18.5. The molecule has 3 aromatic rings. The van der Waals surface area contributed by atoms with E-state index in [-0.39, 0.29) is 5.91 Å². The Bertz CT molecular complexity index is 900. The Balaban J connectivity index is 1.84. The van der Waals surface area contributed by atoms with Crippen molar-refractivity contribution in [2.45, 2.75) is 13.8 Å². The number of hydrogen-bond acceptors (Lipinski definition) is 3. The molecule has 0 aromatic heterocycles. The van der Waals surface area contributed by atoms with E-state index in [2.05, 4.69) is 24.1 Å². The monoisotopic (exact) mass is 348 g/mol. The first-order valence-corrected chi connectivity index (χ1v) is 8.89. The van der Waals surface area contributed by atoms with Crippen LogP contribution in [-0.4, -0.2) is 26.1 Å². The van der Waals surface area contributed by atoms with Gasteiger partial charge in [-0.1, -0.05) is 24.3 Å². The Morgan fingerprint density at radius 1 is 0.962 bits per heavy atom. The summed E-state index contributed by atoms with van der Waals surface area (Å²) in [6.07, 6.45) is 0. The first-order valence-electron chi connectivity index (χ1n) is 8.89. The number of rotatable bonds is 6. The number of anilines is 2. The minimum absolute atomic E-state index is 0.178. The van der Waals surface area contributed by atoms with Gasteiger partial charge in [0.1, 0.15) is 5.75 Å². The minimum Gasteiger partial charge on any atom is -0.496 e. The van der Waals surface area contributed by atoms with Gasteiger partial charge in [0.25, 0.3) is 5.91 Å². The number of methoxy groups -OCH3 is 1. The highest BCUT2D eigenvalue weighted by Gasteiger charge is 2.14. The Kier molecular flexibility index (Phi) is 5.42. The molecule has 4 nitrogen and oxygen atoms in total. The molecule has 0 atom stereocenters. The summed E-state index contributed by atoms with van der Waals surface area (Å²) in [6.45, 7) is 6.17. The van der Waals surface area contributed by atoms with Crippen molar-refractivity contribution in [2.24, 2.45) is 0 Å². The lowest BCUT2D eigenvalue weighted by Crippen LogP contribution is -2.21. The largest absolute Gasteiger partial charge is 0.496 e. The molecule has 0 spiro atoms. The predicted molar refractivity (Wildman–Crippen MR) is 108 cm³/mol. The van der Waals surface area contributed by atoms with Gasteiger partial charge in [0.15, 0.2) is 0 Å². The zero-order valence-electron chi connectivity index (χ0n) is 15.5. The second-order valence-electron chi connectivity index (χ2n) is 6.07. The predicted octanol–water partition coefficient (Wildman–Crippen LogP) is 4.95. The van der Waals surface area contributed by atoms with Gasteiger partial charge < -0.3 is 15.0 Å². The Hall–Kier alpha value is -3.01. The number of hydrogen-bond donors (Lipinski definition) is 1. The maximum absolute atomic E-state index is 12.8. The molecular weight excluding hydrogens is 324 g/mol. The van der Waals surface area contributed by atoms with Crippen molar-refractivity contribution < 1.29 is 9.53 Å². The minimum atomic E-state index is -0.178. The lowest BCUT2D eigenvalue weighted by Gasteiger charge is -2.21. The van der Waals surface area contributed by atoms with Gasteiger partial charge in [-0.15, -0.1) is 0 Å². The van der Waals surface area contributed by atoms with Crippen LogP contribution in [0.15, 0.2) is 60.7 Å². The van der Waals surface area contributed by atoms with Gasteiger partial charge in [0, 0.05) is 24.5 Å². The molecule has 0 fully saturated rings. The third-order valence-corrected chi connectivity index (χ3v) is 4.57. The van der Waals surface area contributed by atoms with Gasteiger partial charge in [-0.3, -0.25) is 4.79 Å². The highest BCUT2D eigenvalue weighted by molar-refractivity contribution is 6.08. The number of nitrogens with one attached hydrogen (secondary N) is 1. The zero-order valence-corrected chi connectivity index (χ0v) is 15.5. The number of carbonyl (C=O) groups is 1. The van der Waals surface area contributed by atoms with Gasteiger partial charge in [-0.25, -0.2) is 0 Å². The molecule has 0 heterocycles. The molecule has 0 aliphatic carbocycles. The maximum Gasteiger partial charge on any atom is 0.259 e. The number of carbonyl (C=O) groups excluding carboxylic acids is 1. The van der Waals surface area contributed by atoms with Gasteiger partial charge >= 0.3 is 0 Å². The third-order valence-electron chi connectivity index (χ3n) is 4.57. The first-order chi connectivity index (χ1) is 12.7. The molecule has 0 saturated carbocycles. The molecule has 0 radical (unpaired) electrons. The summed E-state index contributed by atoms with van der Waals surface area (Å²) in [5.74, 6) is 0.393. The lowest BCUT2D eigenvalue weighted by molar-refractivity contribution is 0.102. The van der Waals surface area contributed by atoms with Crippen LogP contribution in [0.3, 0.4) is 0 Å². The molecule has 1 N–H and O–H groups in total. The summed E-state index contributed by atoms with van der Waals surface area (Å²) in [5.41, 5.74) is 2.44. The lowest BCUT2D eigenvalue weighted by atomic mass is 10.1. The standard InChI is InChI=1S/C22H24N2O2/c1-4-24(5-2)19-12-10-18(11-13-19)23-22(25)20-14-16-8-6-7-9-17(16)15-21(20)26-3/h6-15H,4-5H2,1-3H3,(H,23,25). The van der Waals surface area contributed by atoms with Crippen molar-refractivity contribution in [2.75, 3.05) is 30.4 Å². The fourth-order valence-electron chi connectivity index (χ4n) is 3.11. The van der Waals surface area contributed by atoms with Crippen molar-refractivity contribution in [3.63, 3.8) is 0 Å². The number of ether oxygens (including phenoxy) is 1. The van der Waals surface area contributed by atoms with E-state index in [1.807, 2.05) is 60.7 Å². The fourth-order valence-corrected chi connectivity index (χ4v) is 3.11. The van der Waals surface area contributed by atoms with E-state index in [1.54, 1.807) is 7.11 Å². The number of benzene rings is 3. The number of fused-ring (bicyclic) bond motifs is 1. The van der Waals surface area contributed by atoms with Gasteiger partial charge in [0.05, 0.1) is 12.7 Å². The third kappa shape index (κ3) is 3.64. The molecule has 0 saturated heterocycles. The van der Waals surface area contributed by atoms with E-state index in [1.165, 1.54) is 0 Å². The maximum atomic E-state index is 12.8. The van der Waals surface area contributed by atoms with Crippen molar-refractivity contribution in [1.82, 2.24) is 0 Å². The molecule has 4 heteroatoms. The van der Waals surface area contributed by atoms with E-state index in [0.717, 1.165) is 35.2 Å². The van der Waals surface area contributed by atoms with Crippen molar-refractivity contribution in [3.8, 4) is 5.75 Å². The Morgan fingerprint density at radius 2 is 1.58 bits per heavy atom. The van der Waals surface area contributed by atoms with Gasteiger partial charge in [-0.2, -0.15) is 0 Å². The molecule has 134 valence electrons. The summed E-state index contributed by atoms with van der Waals surface area (Å²) in [7, 11) is 1.58. The SMILES string of the molecule is CCN(CC)c1ccc(NC(=O)c2cc3ccccc3cc2OC)cc1. The summed E-state index contributed by atoms with van der Waals surface area (Å²) in [6, 6.07) is 19.6. The van der Waals surface area contributed by atoms with Crippen LogP contribution in [0.4, 0.5) is 11.4 Å². The topological polar surface area (TPSA) is 41.6 Å². The van der Waals surface area contributed by atoms with E-state index >= 15 is 0 Å². The number of amides is 1. The first kappa shape index (κ1) is 17.8. The highest BCUT2D eigenvalue weighted by Crippen LogP contribution is 2.27. The van der Waals surface area contributed by atoms with Crippen molar-refractivity contribution in [3.05, 3.63) is 66.2 Å². The molecular formula is C22H24N2O2. The summed E-state index contributed by atoms with van der Waals surface area (Å²) >= 11 is 0. The van der Waals surface area contributed by atoms with E-state index in [9.17, 15) is 4.79 Å². The van der Waals surface area contributed by atoms with E-state index < -0.39 is 0 Å². The quantitative estimate of drug-likeness (QED) is 0.685. The van der Waals surface area contributed by atoms with Crippen molar-refractivity contribution >= 4 is 28.1 Å². The highest BCUT2D eigenvalue weighted by atomic mass is 16.5. The van der Waals surface area contributed by atoms with Crippen LogP contribution in [0, 0.1) is 0 Å². The van der Waals surface area contributed by atoms with Gasteiger partial charge in [-0.05, 0) is 61.0 Å². The van der Waals surface area contributed by atoms with Crippen LogP contribution in [0.25, 0.3) is 10.8 Å². The van der Waals surface area contributed by atoms with E-state index in [0.29, 0.717) is 11.3 Å². The molecule has 0 aliphatic rings. The van der Waals surface area contributed by atoms with Crippen LogP contribution < -0.4 is 15.0 Å². The summed E-state index contributed by atoms with van der Waals surface area (Å²) in [4.78, 5) is 15.0. The average molecular weight is 348 g/mol. The molecule has 3 aromatic carbocycles. The van der Waals surface area contributed by atoms with Gasteiger partial charge in [0.2, 0.25) is 0 Å².